The summed E-state index contributed by atoms with van der Waals surface area (Å²) in [7, 11) is 0. The largest absolute Gasteiger partial charge is 0.295 e. The van der Waals surface area contributed by atoms with Gasteiger partial charge in [-0.25, -0.2) is 4.98 Å². The van der Waals surface area contributed by atoms with Gasteiger partial charge in [0.1, 0.15) is 5.82 Å². The molecule has 2 heterocycles. The maximum atomic E-state index is 12.6. The average molecular weight is 308 g/mol. The monoisotopic (exact) mass is 308 g/mol. The fraction of sp³-hybridized carbons (Fsp3) is 0.222. The average Bonchev–Trinajstić information content (AvgIpc) is 2.97. The number of thioether (sulfide) groups is 1. The highest BCUT2D eigenvalue weighted by atomic mass is 32.2. The SMILES string of the molecule is O=c1c2ccccc2nc2n1CCC2SCc1ccccc1. The predicted molar refractivity (Wildman–Crippen MR) is 91.1 cm³/mol. The molecule has 0 N–H and O–H groups in total. The van der Waals surface area contributed by atoms with E-state index in [1.807, 2.05) is 46.7 Å². The molecule has 0 spiro atoms. The molecule has 1 atom stereocenters. The smallest absolute Gasteiger partial charge is 0.261 e. The summed E-state index contributed by atoms with van der Waals surface area (Å²) in [4.78, 5) is 17.3. The van der Waals surface area contributed by atoms with E-state index in [1.54, 1.807) is 0 Å². The zero-order valence-corrected chi connectivity index (χ0v) is 12.9. The van der Waals surface area contributed by atoms with Crippen LogP contribution in [0.25, 0.3) is 10.9 Å². The molecule has 0 saturated carbocycles. The Hall–Kier alpha value is -2.07. The lowest BCUT2D eigenvalue weighted by Crippen LogP contribution is -2.21. The van der Waals surface area contributed by atoms with Crippen molar-refractivity contribution in [2.24, 2.45) is 0 Å². The number of rotatable bonds is 3. The second kappa shape index (κ2) is 5.61. The van der Waals surface area contributed by atoms with Gasteiger partial charge in [0.05, 0.1) is 16.2 Å². The lowest BCUT2D eigenvalue weighted by atomic mass is 10.2. The van der Waals surface area contributed by atoms with Crippen molar-refractivity contribution in [1.29, 1.82) is 0 Å². The van der Waals surface area contributed by atoms with Crippen molar-refractivity contribution in [3.8, 4) is 0 Å². The van der Waals surface area contributed by atoms with Crippen LogP contribution in [0.1, 0.15) is 23.1 Å². The van der Waals surface area contributed by atoms with E-state index in [4.69, 9.17) is 4.98 Å². The third kappa shape index (κ3) is 2.33. The Labute approximate surface area is 133 Å². The molecule has 1 aromatic heterocycles. The van der Waals surface area contributed by atoms with E-state index in [0.717, 1.165) is 35.4 Å². The van der Waals surface area contributed by atoms with Crippen molar-refractivity contribution in [1.82, 2.24) is 9.55 Å². The van der Waals surface area contributed by atoms with E-state index in [0.29, 0.717) is 5.25 Å². The third-order valence-corrected chi connectivity index (χ3v) is 5.44. The van der Waals surface area contributed by atoms with Gasteiger partial charge in [-0.3, -0.25) is 9.36 Å². The first kappa shape index (κ1) is 13.6. The molecule has 4 rings (SSSR count). The lowest BCUT2D eigenvalue weighted by molar-refractivity contribution is 0.718. The maximum absolute atomic E-state index is 12.6. The normalized spacial score (nSPS) is 16.8. The van der Waals surface area contributed by atoms with Crippen molar-refractivity contribution in [3.63, 3.8) is 0 Å². The molecule has 3 nitrogen and oxygen atoms in total. The molecule has 0 radical (unpaired) electrons. The number of hydrogen-bond donors (Lipinski definition) is 0. The number of benzene rings is 2. The van der Waals surface area contributed by atoms with E-state index in [2.05, 4.69) is 24.3 Å². The Bertz CT molecular complexity index is 873. The van der Waals surface area contributed by atoms with Crippen molar-refractivity contribution in [3.05, 3.63) is 76.3 Å². The highest BCUT2D eigenvalue weighted by Gasteiger charge is 2.26. The summed E-state index contributed by atoms with van der Waals surface area (Å²) in [5, 5.41) is 1.03. The van der Waals surface area contributed by atoms with Gasteiger partial charge < -0.3 is 0 Å². The molecule has 3 aromatic rings. The van der Waals surface area contributed by atoms with Crippen LogP contribution in [0.3, 0.4) is 0 Å². The number of aromatic nitrogens is 2. The van der Waals surface area contributed by atoms with Gasteiger partial charge >= 0.3 is 0 Å². The van der Waals surface area contributed by atoms with Crippen LogP contribution in [0.2, 0.25) is 0 Å². The summed E-state index contributed by atoms with van der Waals surface area (Å²) < 4.78 is 1.85. The number of hydrogen-bond acceptors (Lipinski definition) is 3. The zero-order valence-electron chi connectivity index (χ0n) is 12.1. The summed E-state index contributed by atoms with van der Waals surface area (Å²) in [6.07, 6.45) is 0.982. The quantitative estimate of drug-likeness (QED) is 0.738. The molecule has 1 aliphatic heterocycles. The Morgan fingerprint density at radius 1 is 1.09 bits per heavy atom. The number of para-hydroxylation sites is 1. The highest BCUT2D eigenvalue weighted by Crippen LogP contribution is 2.37. The van der Waals surface area contributed by atoms with Gasteiger partial charge in [-0.1, -0.05) is 42.5 Å². The van der Waals surface area contributed by atoms with Crippen molar-refractivity contribution < 1.29 is 0 Å². The molecule has 110 valence electrons. The molecule has 0 saturated heterocycles. The van der Waals surface area contributed by atoms with Crippen molar-refractivity contribution >= 4 is 22.7 Å². The fourth-order valence-electron chi connectivity index (χ4n) is 2.95. The van der Waals surface area contributed by atoms with Crippen molar-refractivity contribution in [2.75, 3.05) is 0 Å². The van der Waals surface area contributed by atoms with Gasteiger partial charge in [0.15, 0.2) is 0 Å². The Balaban J connectivity index is 1.66. The van der Waals surface area contributed by atoms with Crippen molar-refractivity contribution in [2.45, 2.75) is 24.0 Å². The molecule has 1 aliphatic rings. The predicted octanol–water partition coefficient (Wildman–Crippen LogP) is 3.77. The molecule has 4 heteroatoms. The second-order valence-electron chi connectivity index (χ2n) is 5.52. The van der Waals surface area contributed by atoms with E-state index in [-0.39, 0.29) is 5.56 Å². The summed E-state index contributed by atoms with van der Waals surface area (Å²) in [6.45, 7) is 0.776. The summed E-state index contributed by atoms with van der Waals surface area (Å²) >= 11 is 1.87. The van der Waals surface area contributed by atoms with E-state index < -0.39 is 0 Å². The van der Waals surface area contributed by atoms with E-state index in [9.17, 15) is 4.79 Å². The van der Waals surface area contributed by atoms with Crippen LogP contribution in [0.4, 0.5) is 0 Å². The highest BCUT2D eigenvalue weighted by molar-refractivity contribution is 7.98. The van der Waals surface area contributed by atoms with Gasteiger partial charge in [0.2, 0.25) is 0 Å². The van der Waals surface area contributed by atoms with Crippen LogP contribution in [0.5, 0.6) is 0 Å². The van der Waals surface area contributed by atoms with Gasteiger partial charge in [0, 0.05) is 12.3 Å². The molecule has 0 fully saturated rings. The van der Waals surface area contributed by atoms with E-state index in [1.165, 1.54) is 5.56 Å². The molecule has 2 aromatic carbocycles. The van der Waals surface area contributed by atoms with Gasteiger partial charge in [-0.2, -0.15) is 0 Å². The van der Waals surface area contributed by atoms with Crippen LogP contribution >= 0.6 is 11.8 Å². The minimum Gasteiger partial charge on any atom is -0.295 e. The Morgan fingerprint density at radius 3 is 2.73 bits per heavy atom. The van der Waals surface area contributed by atoms with Crippen LogP contribution in [-0.4, -0.2) is 9.55 Å². The second-order valence-corrected chi connectivity index (χ2v) is 6.71. The van der Waals surface area contributed by atoms with E-state index >= 15 is 0 Å². The summed E-state index contributed by atoms with van der Waals surface area (Å²) in [6, 6.07) is 18.1. The minimum absolute atomic E-state index is 0.100. The minimum atomic E-state index is 0.100. The zero-order chi connectivity index (χ0) is 14.9. The van der Waals surface area contributed by atoms with Crippen LogP contribution < -0.4 is 5.56 Å². The first-order valence-electron chi connectivity index (χ1n) is 7.48. The molecule has 0 bridgehead atoms. The summed E-state index contributed by atoms with van der Waals surface area (Å²) in [5.74, 6) is 1.89. The lowest BCUT2D eigenvalue weighted by Gasteiger charge is -2.11. The summed E-state index contributed by atoms with van der Waals surface area (Å²) in [5.41, 5.74) is 2.23. The van der Waals surface area contributed by atoms with Gasteiger partial charge in [-0.05, 0) is 24.1 Å². The fourth-order valence-corrected chi connectivity index (χ4v) is 4.14. The first-order valence-corrected chi connectivity index (χ1v) is 8.53. The first-order chi connectivity index (χ1) is 10.8. The topological polar surface area (TPSA) is 34.9 Å². The van der Waals surface area contributed by atoms with Crippen LogP contribution in [0.15, 0.2) is 59.4 Å². The molecule has 0 aliphatic carbocycles. The number of fused-ring (bicyclic) bond motifs is 2. The van der Waals surface area contributed by atoms with Crippen LogP contribution in [-0.2, 0) is 12.3 Å². The van der Waals surface area contributed by atoms with Gasteiger partial charge in [0.25, 0.3) is 5.56 Å². The van der Waals surface area contributed by atoms with Gasteiger partial charge in [-0.15, -0.1) is 11.8 Å². The van der Waals surface area contributed by atoms with Crippen LogP contribution in [0, 0.1) is 0 Å². The molecule has 1 unspecified atom stereocenters. The molecule has 22 heavy (non-hydrogen) atoms. The maximum Gasteiger partial charge on any atom is 0.261 e. The molecular formula is C18H16N2OS. The Kier molecular flexibility index (Phi) is 3.47. The Morgan fingerprint density at radius 2 is 1.86 bits per heavy atom. The number of nitrogens with zero attached hydrogens (tertiary/aromatic N) is 2. The molecule has 0 amide bonds. The molecular weight excluding hydrogens is 292 g/mol. The third-order valence-electron chi connectivity index (χ3n) is 4.09. The standard InChI is InChI=1S/C18H16N2OS/c21-18-14-8-4-5-9-15(14)19-17-16(10-11-20(17)18)22-12-13-6-2-1-3-7-13/h1-9,16H,10-12H2.